The predicted octanol–water partition coefficient (Wildman–Crippen LogP) is 5.32. The number of allylic oxidation sites excluding steroid dienone is 4. The van der Waals surface area contributed by atoms with Crippen LogP contribution in [0.5, 0.6) is 5.75 Å². The van der Waals surface area contributed by atoms with E-state index in [1.165, 1.54) is 0 Å². The highest BCUT2D eigenvalue weighted by Gasteiger charge is 2.62. The van der Waals surface area contributed by atoms with E-state index in [0.29, 0.717) is 23.7 Å². The molecule has 1 amide bonds. The van der Waals surface area contributed by atoms with Gasteiger partial charge in [-0.25, -0.2) is 15.0 Å². The third-order valence-electron chi connectivity index (χ3n) is 6.12. The average Bonchev–Trinajstić information content (AvgIpc) is 3.50. The second kappa shape index (κ2) is 8.78. The number of rotatable bonds is 6. The first-order valence-corrected chi connectivity index (χ1v) is 10.8. The van der Waals surface area contributed by atoms with Crippen LogP contribution in [0.1, 0.15) is 29.9 Å². The highest BCUT2D eigenvalue weighted by atomic mass is 35.5. The normalized spacial score (nSPS) is 23.9. The number of aryl methyl sites for hydroxylation is 2. The Morgan fingerprint density at radius 1 is 1.27 bits per heavy atom. The SMILES string of the molecule is Cc1ncc(OC[C@@]2(C3C=CC=CC3)C[C@H]2C(=O)Nc2cnc(Cl)c(C(F)(F)F)c2)c(C)n1. The Labute approximate surface area is 193 Å². The molecule has 174 valence electrons. The fourth-order valence-electron chi connectivity index (χ4n) is 4.23. The predicted molar refractivity (Wildman–Crippen MR) is 117 cm³/mol. The van der Waals surface area contributed by atoms with Crippen molar-refractivity contribution in [3.8, 4) is 5.75 Å². The monoisotopic (exact) mass is 478 g/mol. The van der Waals surface area contributed by atoms with Gasteiger partial charge in [0.25, 0.3) is 0 Å². The Kier molecular flexibility index (Phi) is 6.18. The zero-order chi connectivity index (χ0) is 23.8. The van der Waals surface area contributed by atoms with Gasteiger partial charge in [0.1, 0.15) is 11.0 Å². The molecule has 1 unspecified atom stereocenters. The lowest BCUT2D eigenvalue weighted by molar-refractivity contribution is -0.137. The summed E-state index contributed by atoms with van der Waals surface area (Å²) in [6, 6.07) is 0.796. The third-order valence-corrected chi connectivity index (χ3v) is 6.42. The van der Waals surface area contributed by atoms with Crippen molar-refractivity contribution in [3.63, 3.8) is 0 Å². The van der Waals surface area contributed by atoms with Crippen LogP contribution in [-0.4, -0.2) is 27.5 Å². The van der Waals surface area contributed by atoms with Crippen LogP contribution in [-0.2, 0) is 11.0 Å². The van der Waals surface area contributed by atoms with Crippen molar-refractivity contribution in [1.82, 2.24) is 15.0 Å². The zero-order valence-corrected chi connectivity index (χ0v) is 18.7. The number of nitrogens with zero attached hydrogens (tertiary/aromatic N) is 3. The van der Waals surface area contributed by atoms with E-state index in [1.807, 2.05) is 31.2 Å². The van der Waals surface area contributed by atoms with Gasteiger partial charge in [-0.2, -0.15) is 13.2 Å². The fraction of sp³-hybridized carbons (Fsp3) is 0.391. The maximum absolute atomic E-state index is 13.1. The highest BCUT2D eigenvalue weighted by molar-refractivity contribution is 6.30. The number of anilines is 1. The molecule has 33 heavy (non-hydrogen) atoms. The topological polar surface area (TPSA) is 77.0 Å². The van der Waals surface area contributed by atoms with E-state index >= 15 is 0 Å². The fourth-order valence-corrected chi connectivity index (χ4v) is 4.44. The molecular weight excluding hydrogens is 457 g/mol. The smallest absolute Gasteiger partial charge is 0.419 e. The van der Waals surface area contributed by atoms with Crippen LogP contribution in [0.15, 0.2) is 42.8 Å². The summed E-state index contributed by atoms with van der Waals surface area (Å²) < 4.78 is 45.5. The van der Waals surface area contributed by atoms with Gasteiger partial charge < -0.3 is 10.1 Å². The summed E-state index contributed by atoms with van der Waals surface area (Å²) in [6.07, 6.45) is 7.29. The van der Waals surface area contributed by atoms with Gasteiger partial charge >= 0.3 is 6.18 Å². The van der Waals surface area contributed by atoms with Crippen LogP contribution in [0.4, 0.5) is 18.9 Å². The number of alkyl halides is 3. The highest BCUT2D eigenvalue weighted by Crippen LogP contribution is 2.60. The minimum atomic E-state index is -4.67. The lowest BCUT2D eigenvalue weighted by atomic mass is 9.82. The van der Waals surface area contributed by atoms with E-state index in [4.69, 9.17) is 16.3 Å². The van der Waals surface area contributed by atoms with Crippen LogP contribution in [0.25, 0.3) is 0 Å². The summed E-state index contributed by atoms with van der Waals surface area (Å²) >= 11 is 5.58. The quantitative estimate of drug-likeness (QED) is 0.569. The van der Waals surface area contributed by atoms with E-state index in [9.17, 15) is 18.0 Å². The van der Waals surface area contributed by atoms with Crippen LogP contribution in [0, 0.1) is 31.1 Å². The van der Waals surface area contributed by atoms with Gasteiger partial charge in [-0.3, -0.25) is 4.79 Å². The van der Waals surface area contributed by atoms with Crippen LogP contribution < -0.4 is 10.1 Å². The van der Waals surface area contributed by atoms with Gasteiger partial charge in [0.2, 0.25) is 5.91 Å². The minimum Gasteiger partial charge on any atom is -0.489 e. The summed E-state index contributed by atoms with van der Waals surface area (Å²) in [5.74, 6) is 0.413. The first kappa shape index (κ1) is 23.2. The van der Waals surface area contributed by atoms with E-state index in [-0.39, 0.29) is 24.1 Å². The standard InChI is InChI=1S/C23H22ClF3N4O2/c1-13-19(11-28-14(2)30-13)33-12-22(15-6-4-3-5-7-15)9-18(22)21(32)31-16-8-17(23(25,26)27)20(24)29-10-16/h3-6,8,10-11,15,18H,7,9,12H2,1-2H3,(H,31,32)/t15?,18-,22+/m0/s1. The summed E-state index contributed by atoms with van der Waals surface area (Å²) in [5, 5.41) is 1.91. The number of carbonyl (C=O) groups is 1. The molecule has 0 radical (unpaired) electrons. The summed E-state index contributed by atoms with van der Waals surface area (Å²) in [6.45, 7) is 3.87. The Morgan fingerprint density at radius 3 is 2.73 bits per heavy atom. The lowest BCUT2D eigenvalue weighted by Gasteiger charge is -2.26. The minimum absolute atomic E-state index is 0.0546. The van der Waals surface area contributed by atoms with Crippen molar-refractivity contribution in [2.24, 2.45) is 17.3 Å². The maximum atomic E-state index is 13.1. The first-order chi connectivity index (χ1) is 15.6. The molecule has 0 saturated heterocycles. The van der Waals surface area contributed by atoms with Crippen LogP contribution in [0.3, 0.4) is 0 Å². The maximum Gasteiger partial charge on any atom is 0.419 e. The number of pyridine rings is 1. The molecule has 2 aliphatic carbocycles. The van der Waals surface area contributed by atoms with E-state index < -0.39 is 28.2 Å². The molecule has 0 bridgehead atoms. The van der Waals surface area contributed by atoms with Crippen LogP contribution >= 0.6 is 11.6 Å². The molecule has 0 aliphatic heterocycles. The molecule has 2 aromatic heterocycles. The number of hydrogen-bond donors (Lipinski definition) is 1. The molecule has 1 fully saturated rings. The van der Waals surface area contributed by atoms with Crippen molar-refractivity contribution in [3.05, 3.63) is 65.0 Å². The molecule has 2 heterocycles. The lowest BCUT2D eigenvalue weighted by Crippen LogP contribution is -2.29. The van der Waals surface area contributed by atoms with Gasteiger partial charge in [0.15, 0.2) is 5.75 Å². The number of aromatic nitrogens is 3. The second-order valence-electron chi connectivity index (χ2n) is 8.35. The number of hydrogen-bond acceptors (Lipinski definition) is 5. The first-order valence-electron chi connectivity index (χ1n) is 10.4. The molecule has 2 aliphatic rings. The van der Waals surface area contributed by atoms with Gasteiger partial charge in [-0.1, -0.05) is 35.9 Å². The second-order valence-corrected chi connectivity index (χ2v) is 8.71. The molecule has 10 heteroatoms. The molecule has 0 aromatic carbocycles. The van der Waals surface area contributed by atoms with Crippen molar-refractivity contribution >= 4 is 23.2 Å². The van der Waals surface area contributed by atoms with Gasteiger partial charge in [0.05, 0.1) is 35.9 Å². The summed E-state index contributed by atoms with van der Waals surface area (Å²) in [4.78, 5) is 25.1. The zero-order valence-electron chi connectivity index (χ0n) is 18.0. The van der Waals surface area contributed by atoms with E-state index in [0.717, 1.165) is 18.7 Å². The summed E-state index contributed by atoms with van der Waals surface area (Å²) in [7, 11) is 0. The largest absolute Gasteiger partial charge is 0.489 e. The van der Waals surface area contributed by atoms with Gasteiger partial charge in [-0.05, 0) is 38.7 Å². The molecule has 1 saturated carbocycles. The molecule has 0 spiro atoms. The Hall–Kier alpha value is -2.94. The van der Waals surface area contributed by atoms with E-state index in [1.54, 1.807) is 13.1 Å². The number of halogens is 4. The Balaban J connectivity index is 1.52. The molecule has 3 atom stereocenters. The average molecular weight is 479 g/mol. The Bertz CT molecular complexity index is 1140. The van der Waals surface area contributed by atoms with Crippen molar-refractivity contribution in [1.29, 1.82) is 0 Å². The Morgan fingerprint density at radius 2 is 2.06 bits per heavy atom. The van der Waals surface area contributed by atoms with Gasteiger partial charge in [0, 0.05) is 11.3 Å². The van der Waals surface area contributed by atoms with Gasteiger partial charge in [-0.15, -0.1) is 0 Å². The number of amides is 1. The number of ether oxygens (including phenoxy) is 1. The molecule has 2 aromatic rings. The molecule has 4 rings (SSSR count). The van der Waals surface area contributed by atoms with Crippen LogP contribution in [0.2, 0.25) is 5.15 Å². The van der Waals surface area contributed by atoms with E-state index in [2.05, 4.69) is 20.3 Å². The third kappa shape index (κ3) is 4.88. The molecule has 1 N–H and O–H groups in total. The molecule has 6 nitrogen and oxygen atoms in total. The summed E-state index contributed by atoms with van der Waals surface area (Å²) in [5.41, 5.74) is -0.941. The van der Waals surface area contributed by atoms with Crippen molar-refractivity contribution < 1.29 is 22.7 Å². The van der Waals surface area contributed by atoms with Crippen molar-refractivity contribution in [2.75, 3.05) is 11.9 Å². The van der Waals surface area contributed by atoms with Crippen molar-refractivity contribution in [2.45, 2.75) is 32.9 Å². The number of carbonyl (C=O) groups excluding carboxylic acids is 1. The number of nitrogens with one attached hydrogen (secondary N) is 1. The molecular formula is C23H22ClF3N4O2.